The molecule has 1 aliphatic heterocycles. The maximum atomic E-state index is 12.5. The summed E-state index contributed by atoms with van der Waals surface area (Å²) in [5.41, 5.74) is -0.837. The molecule has 1 aromatic rings. The smallest absolute Gasteiger partial charge is 0.417 e. The van der Waals surface area contributed by atoms with Crippen LogP contribution in [0.1, 0.15) is 12.0 Å². The molecule has 1 N–H and O–H groups in total. The van der Waals surface area contributed by atoms with Gasteiger partial charge in [0.05, 0.1) is 10.6 Å². The van der Waals surface area contributed by atoms with Gasteiger partial charge in [-0.1, -0.05) is 11.6 Å². The Labute approximate surface area is 102 Å². The summed E-state index contributed by atoms with van der Waals surface area (Å²) in [5, 5.41) is 2.77. The number of alkyl halides is 3. The van der Waals surface area contributed by atoms with Gasteiger partial charge >= 0.3 is 6.18 Å². The first kappa shape index (κ1) is 12.5. The lowest BCUT2D eigenvalue weighted by Crippen LogP contribution is -2.19. The summed E-state index contributed by atoms with van der Waals surface area (Å²) in [6.45, 7) is 1.57. The minimum atomic E-state index is -4.43. The summed E-state index contributed by atoms with van der Waals surface area (Å²) in [6, 6.07) is 3.45. The fourth-order valence-electron chi connectivity index (χ4n) is 1.72. The second-order valence-corrected chi connectivity index (χ2v) is 4.28. The first-order valence-electron chi connectivity index (χ1n) is 5.21. The van der Waals surface area contributed by atoms with Crippen LogP contribution in [0.5, 0.6) is 5.75 Å². The molecule has 1 heterocycles. The van der Waals surface area contributed by atoms with Crippen LogP contribution >= 0.6 is 11.6 Å². The Kier molecular flexibility index (Phi) is 3.49. The predicted molar refractivity (Wildman–Crippen MR) is 58.4 cm³/mol. The molecule has 0 aromatic heterocycles. The van der Waals surface area contributed by atoms with Crippen LogP contribution in [0.2, 0.25) is 5.02 Å². The normalized spacial score (nSPS) is 20.6. The van der Waals surface area contributed by atoms with Gasteiger partial charge in [-0.25, -0.2) is 0 Å². The van der Waals surface area contributed by atoms with E-state index >= 15 is 0 Å². The van der Waals surface area contributed by atoms with Gasteiger partial charge in [0.2, 0.25) is 0 Å². The average Bonchev–Trinajstić information content (AvgIpc) is 2.68. The van der Waals surface area contributed by atoms with E-state index in [2.05, 4.69) is 5.32 Å². The number of halogens is 4. The van der Waals surface area contributed by atoms with Crippen molar-refractivity contribution in [2.45, 2.75) is 18.7 Å². The lowest BCUT2D eigenvalue weighted by molar-refractivity contribution is -0.137. The van der Waals surface area contributed by atoms with Crippen LogP contribution in [0.15, 0.2) is 18.2 Å². The van der Waals surface area contributed by atoms with E-state index < -0.39 is 11.7 Å². The minimum absolute atomic E-state index is 0.00260. The summed E-state index contributed by atoms with van der Waals surface area (Å²) < 4.78 is 42.9. The van der Waals surface area contributed by atoms with Crippen molar-refractivity contribution in [2.24, 2.45) is 0 Å². The molecule has 0 radical (unpaired) electrons. The van der Waals surface area contributed by atoms with Crippen LogP contribution in [-0.2, 0) is 6.18 Å². The SMILES string of the molecule is FC(F)(F)c1ccc(OC2CCNC2)cc1Cl. The summed E-state index contributed by atoms with van der Waals surface area (Å²) in [6.07, 6.45) is -3.58. The quantitative estimate of drug-likeness (QED) is 0.887. The number of benzene rings is 1. The molecule has 2 nitrogen and oxygen atoms in total. The summed E-state index contributed by atoms with van der Waals surface area (Å²) in [5.74, 6) is 0.372. The molecule has 94 valence electrons. The largest absolute Gasteiger partial charge is 0.489 e. The Morgan fingerprint density at radius 3 is 2.65 bits per heavy atom. The zero-order valence-corrected chi connectivity index (χ0v) is 9.61. The Balaban J connectivity index is 2.13. The number of hydrogen-bond donors (Lipinski definition) is 1. The van der Waals surface area contributed by atoms with Gasteiger partial charge in [-0.15, -0.1) is 0 Å². The van der Waals surface area contributed by atoms with Crippen LogP contribution in [0.4, 0.5) is 13.2 Å². The monoisotopic (exact) mass is 265 g/mol. The van der Waals surface area contributed by atoms with Crippen molar-refractivity contribution in [3.8, 4) is 5.75 Å². The molecule has 1 atom stereocenters. The molecule has 6 heteroatoms. The van der Waals surface area contributed by atoms with Gasteiger partial charge in [0.1, 0.15) is 11.9 Å². The van der Waals surface area contributed by atoms with Gasteiger partial charge in [0.15, 0.2) is 0 Å². The molecule has 0 aliphatic carbocycles. The molecule has 0 bridgehead atoms. The molecule has 1 saturated heterocycles. The highest BCUT2D eigenvalue weighted by molar-refractivity contribution is 6.31. The highest BCUT2D eigenvalue weighted by Crippen LogP contribution is 2.36. The third-order valence-electron chi connectivity index (χ3n) is 2.56. The Morgan fingerprint density at radius 1 is 1.35 bits per heavy atom. The highest BCUT2D eigenvalue weighted by Gasteiger charge is 2.33. The Morgan fingerprint density at radius 2 is 2.12 bits per heavy atom. The van der Waals surface area contributed by atoms with Crippen LogP contribution in [0.3, 0.4) is 0 Å². The van der Waals surface area contributed by atoms with E-state index in [1.807, 2.05) is 0 Å². The standard InChI is InChI=1S/C11H11ClF3NO/c12-10-5-7(17-8-3-4-16-6-8)1-2-9(10)11(13,14)15/h1-2,5,8,16H,3-4,6H2. The van der Waals surface area contributed by atoms with E-state index in [0.717, 1.165) is 19.0 Å². The fourth-order valence-corrected chi connectivity index (χ4v) is 2.00. The summed E-state index contributed by atoms with van der Waals surface area (Å²) in [7, 11) is 0. The number of hydrogen-bond acceptors (Lipinski definition) is 2. The van der Waals surface area contributed by atoms with Crippen molar-refractivity contribution in [1.29, 1.82) is 0 Å². The third-order valence-corrected chi connectivity index (χ3v) is 2.88. The van der Waals surface area contributed by atoms with Gasteiger partial charge in [-0.2, -0.15) is 13.2 Å². The molecule has 1 fully saturated rings. The highest BCUT2D eigenvalue weighted by atomic mass is 35.5. The van der Waals surface area contributed by atoms with Gasteiger partial charge in [0, 0.05) is 6.54 Å². The molecule has 2 rings (SSSR count). The van der Waals surface area contributed by atoms with E-state index in [4.69, 9.17) is 16.3 Å². The van der Waals surface area contributed by atoms with E-state index in [-0.39, 0.29) is 11.1 Å². The van der Waals surface area contributed by atoms with Gasteiger partial charge in [0.25, 0.3) is 0 Å². The fraction of sp³-hybridized carbons (Fsp3) is 0.455. The van der Waals surface area contributed by atoms with Crippen LogP contribution in [-0.4, -0.2) is 19.2 Å². The Bertz CT molecular complexity index is 402. The maximum Gasteiger partial charge on any atom is 0.417 e. The van der Waals surface area contributed by atoms with E-state index in [1.165, 1.54) is 12.1 Å². The second-order valence-electron chi connectivity index (χ2n) is 3.87. The van der Waals surface area contributed by atoms with Crippen molar-refractivity contribution >= 4 is 11.6 Å². The van der Waals surface area contributed by atoms with Crippen LogP contribution in [0.25, 0.3) is 0 Å². The molecular weight excluding hydrogens is 255 g/mol. The van der Waals surface area contributed by atoms with Gasteiger partial charge in [-0.3, -0.25) is 0 Å². The summed E-state index contributed by atoms with van der Waals surface area (Å²) in [4.78, 5) is 0. The molecule has 0 amide bonds. The van der Waals surface area contributed by atoms with E-state index in [0.29, 0.717) is 12.3 Å². The molecule has 1 aromatic carbocycles. The zero-order chi connectivity index (χ0) is 12.5. The maximum absolute atomic E-state index is 12.5. The van der Waals surface area contributed by atoms with Crippen molar-refractivity contribution in [1.82, 2.24) is 5.32 Å². The molecule has 0 saturated carbocycles. The lowest BCUT2D eigenvalue weighted by atomic mass is 10.2. The van der Waals surface area contributed by atoms with Crippen LogP contribution in [0, 0.1) is 0 Å². The molecule has 1 aliphatic rings. The van der Waals surface area contributed by atoms with Crippen molar-refractivity contribution in [2.75, 3.05) is 13.1 Å². The average molecular weight is 266 g/mol. The van der Waals surface area contributed by atoms with Gasteiger partial charge in [-0.05, 0) is 31.2 Å². The zero-order valence-electron chi connectivity index (χ0n) is 8.85. The van der Waals surface area contributed by atoms with Gasteiger partial charge < -0.3 is 10.1 Å². The van der Waals surface area contributed by atoms with E-state index in [9.17, 15) is 13.2 Å². The summed E-state index contributed by atoms with van der Waals surface area (Å²) >= 11 is 5.58. The van der Waals surface area contributed by atoms with Crippen molar-refractivity contribution < 1.29 is 17.9 Å². The van der Waals surface area contributed by atoms with Crippen LogP contribution < -0.4 is 10.1 Å². The van der Waals surface area contributed by atoms with Crippen molar-refractivity contribution in [3.05, 3.63) is 28.8 Å². The third kappa shape index (κ3) is 3.04. The topological polar surface area (TPSA) is 21.3 Å². The molecule has 1 unspecified atom stereocenters. The molecule has 0 spiro atoms. The lowest BCUT2D eigenvalue weighted by Gasteiger charge is -2.14. The van der Waals surface area contributed by atoms with Crippen molar-refractivity contribution in [3.63, 3.8) is 0 Å². The Hall–Kier alpha value is -0.940. The van der Waals surface area contributed by atoms with E-state index in [1.54, 1.807) is 0 Å². The molecular formula is C11H11ClF3NO. The first-order valence-corrected chi connectivity index (χ1v) is 5.59. The number of nitrogens with one attached hydrogen (secondary N) is 1. The molecule has 17 heavy (non-hydrogen) atoms. The predicted octanol–water partition coefficient (Wildman–Crippen LogP) is 3.10. The number of ether oxygens (including phenoxy) is 1. The number of rotatable bonds is 2. The second kappa shape index (κ2) is 4.74. The minimum Gasteiger partial charge on any atom is -0.489 e. The first-order chi connectivity index (χ1) is 7.97.